The van der Waals surface area contributed by atoms with E-state index < -0.39 is 67.4 Å². The molecule has 0 bridgehead atoms. The first-order valence-corrected chi connectivity index (χ1v) is 21.5. The lowest BCUT2D eigenvalue weighted by molar-refractivity contribution is -0.368. The molecule has 1 aromatic carbocycles. The molecule has 0 saturated carbocycles. The molecule has 12 nitrogen and oxygen atoms in total. The third-order valence-corrected chi connectivity index (χ3v) is 9.83. The quantitative estimate of drug-likeness (QED) is 0.0616. The van der Waals surface area contributed by atoms with Crippen molar-refractivity contribution in [3.8, 4) is 0 Å². The van der Waals surface area contributed by atoms with Crippen LogP contribution in [0.1, 0.15) is 129 Å². The minimum atomic E-state index is -1.25. The number of unbranched alkanes of at least 4 members (excludes halogenated alkanes) is 6. The summed E-state index contributed by atoms with van der Waals surface area (Å²) >= 11 is 0. The molecule has 1 aromatic rings. The number of ether oxygens (including phenoxy) is 10. The van der Waals surface area contributed by atoms with Crippen LogP contribution in [0.3, 0.4) is 0 Å². The molecule has 0 aliphatic carbocycles. The van der Waals surface area contributed by atoms with Gasteiger partial charge in [0, 0.05) is 39.6 Å². The summed E-state index contributed by atoms with van der Waals surface area (Å²) in [6.45, 7) is 15.7. The lowest BCUT2D eigenvalue weighted by Gasteiger charge is -2.49. The molecule has 55 heavy (non-hydrogen) atoms. The summed E-state index contributed by atoms with van der Waals surface area (Å²) < 4.78 is 64.9. The van der Waals surface area contributed by atoms with Crippen molar-refractivity contribution < 1.29 is 57.3 Å². The number of hydrogen-bond donors (Lipinski definition) is 1. The number of carbonyl (C=O) groups excluding carboxylic acids is 1. The Bertz CT molecular complexity index is 1090. The van der Waals surface area contributed by atoms with Crippen LogP contribution in [0.15, 0.2) is 30.3 Å². The van der Waals surface area contributed by atoms with Gasteiger partial charge in [0.25, 0.3) is 0 Å². The number of esters is 1. The molecular weight excluding hydrogens is 708 g/mol. The van der Waals surface area contributed by atoms with E-state index in [0.717, 1.165) is 77.0 Å². The number of rotatable bonds is 30. The van der Waals surface area contributed by atoms with Gasteiger partial charge < -0.3 is 52.5 Å². The van der Waals surface area contributed by atoms with E-state index in [1.165, 1.54) is 0 Å². The summed E-state index contributed by atoms with van der Waals surface area (Å²) in [5.41, 5.74) is 0.423. The fraction of sp³-hybridized carbons (Fsp3) is 0.837. The maximum absolute atomic E-state index is 13.7. The normalized spacial score (nSPS) is 28.3. The minimum Gasteiger partial charge on any atom is -0.453 e. The van der Waals surface area contributed by atoms with Gasteiger partial charge in [-0.1, -0.05) is 98.3 Å². The molecule has 10 atom stereocenters. The first-order valence-electron chi connectivity index (χ1n) is 21.5. The molecule has 2 heterocycles. The predicted molar refractivity (Wildman–Crippen MR) is 210 cm³/mol. The van der Waals surface area contributed by atoms with Crippen molar-refractivity contribution in [1.29, 1.82) is 0 Å². The number of carbonyl (C=O) groups is 1. The molecule has 2 aliphatic rings. The largest absolute Gasteiger partial charge is 0.453 e. The van der Waals surface area contributed by atoms with Gasteiger partial charge in [0.1, 0.15) is 42.7 Å². The van der Waals surface area contributed by atoms with Gasteiger partial charge in [0.2, 0.25) is 0 Å². The highest BCUT2D eigenvalue weighted by molar-refractivity contribution is 5.89. The van der Waals surface area contributed by atoms with Crippen molar-refractivity contribution in [2.75, 3.05) is 52.9 Å². The van der Waals surface area contributed by atoms with Crippen molar-refractivity contribution >= 4 is 5.97 Å². The standard InChI is InChI=1S/C43H74O12/c1-7-13-24-46-30-33-36(37(48-26-15-9-3)39(42(45)52-33)50-28-17-11-5)55-43-40(51-29-18-12-6)38(49-27-16-10-4)35(34(53-43)31-47-25-14-8-2)54-41(44)32-22-20-19-21-23-32/h19-23,33-40,42-43,45H,7-18,24-31H2,1-6H3/t33?,34?,35-,36+,37?,38+,39+,40?,42-,43-/m1/s1. The van der Waals surface area contributed by atoms with Gasteiger partial charge in [-0.05, 0) is 50.7 Å². The second-order valence-electron chi connectivity index (χ2n) is 14.6. The van der Waals surface area contributed by atoms with Gasteiger partial charge in [-0.15, -0.1) is 0 Å². The maximum atomic E-state index is 13.7. The molecule has 2 fully saturated rings. The van der Waals surface area contributed by atoms with Gasteiger partial charge in [-0.25, -0.2) is 4.79 Å². The Morgan fingerprint density at radius 3 is 1.49 bits per heavy atom. The molecule has 0 amide bonds. The fourth-order valence-electron chi connectivity index (χ4n) is 6.46. The summed E-state index contributed by atoms with van der Waals surface area (Å²) in [6.07, 6.45) is 2.20. The molecule has 0 radical (unpaired) electrons. The van der Waals surface area contributed by atoms with E-state index in [2.05, 4.69) is 41.5 Å². The first kappa shape index (κ1) is 47.7. The van der Waals surface area contributed by atoms with Crippen molar-refractivity contribution in [2.24, 2.45) is 0 Å². The Balaban J connectivity index is 2.08. The smallest absolute Gasteiger partial charge is 0.338 e. The summed E-state index contributed by atoms with van der Waals surface area (Å²) in [7, 11) is 0. The van der Waals surface area contributed by atoms with Gasteiger partial charge >= 0.3 is 5.97 Å². The topological polar surface area (TPSA) is 130 Å². The second-order valence-corrected chi connectivity index (χ2v) is 14.6. The molecule has 12 heteroatoms. The molecule has 318 valence electrons. The lowest BCUT2D eigenvalue weighted by Crippen LogP contribution is -2.66. The van der Waals surface area contributed by atoms with E-state index in [-0.39, 0.29) is 13.2 Å². The Labute approximate surface area is 331 Å². The van der Waals surface area contributed by atoms with Crippen LogP contribution in [-0.4, -0.2) is 125 Å². The molecule has 2 aliphatic heterocycles. The average molecular weight is 783 g/mol. The maximum Gasteiger partial charge on any atom is 0.338 e. The predicted octanol–water partition coefficient (Wildman–Crippen LogP) is 7.41. The Hall–Kier alpha value is -1.71. The van der Waals surface area contributed by atoms with Crippen LogP contribution in [0, 0.1) is 0 Å². The van der Waals surface area contributed by atoms with E-state index >= 15 is 0 Å². The highest BCUT2D eigenvalue weighted by Crippen LogP contribution is 2.35. The van der Waals surface area contributed by atoms with E-state index in [1.54, 1.807) is 24.3 Å². The molecular formula is C43H74O12. The van der Waals surface area contributed by atoms with Crippen LogP contribution in [-0.2, 0) is 47.4 Å². The van der Waals surface area contributed by atoms with Crippen LogP contribution >= 0.6 is 0 Å². The SMILES string of the molecule is CCCCOCC1O[C@@H](O)[C@@H](OCCCC)C(OCCCC)[C@H]1O[C@H]1OC(COCCCC)[C@@H](OC(=O)c2ccccc2)[C@H](OCCCC)C1OCCCC. The zero-order valence-corrected chi connectivity index (χ0v) is 34.7. The first-order chi connectivity index (χ1) is 26.9. The molecule has 0 spiro atoms. The van der Waals surface area contributed by atoms with Crippen LogP contribution < -0.4 is 0 Å². The fourth-order valence-corrected chi connectivity index (χ4v) is 6.46. The summed E-state index contributed by atoms with van der Waals surface area (Å²) in [5, 5.41) is 11.4. The van der Waals surface area contributed by atoms with Crippen LogP contribution in [0.5, 0.6) is 0 Å². The zero-order chi connectivity index (χ0) is 39.7. The average Bonchev–Trinajstić information content (AvgIpc) is 3.19. The third-order valence-electron chi connectivity index (χ3n) is 9.83. The minimum absolute atomic E-state index is 0.143. The Morgan fingerprint density at radius 2 is 0.982 bits per heavy atom. The van der Waals surface area contributed by atoms with Crippen LogP contribution in [0.4, 0.5) is 0 Å². The number of aliphatic hydroxyl groups excluding tert-OH is 1. The lowest BCUT2D eigenvalue weighted by atomic mass is 9.96. The van der Waals surface area contributed by atoms with E-state index in [4.69, 9.17) is 47.4 Å². The summed E-state index contributed by atoms with van der Waals surface area (Å²) in [4.78, 5) is 13.7. The second kappa shape index (κ2) is 28.7. The highest BCUT2D eigenvalue weighted by atomic mass is 16.8. The number of hydrogen-bond acceptors (Lipinski definition) is 12. The van der Waals surface area contributed by atoms with Gasteiger partial charge in [-0.3, -0.25) is 0 Å². The van der Waals surface area contributed by atoms with E-state index in [0.29, 0.717) is 45.2 Å². The van der Waals surface area contributed by atoms with Crippen LogP contribution in [0.2, 0.25) is 0 Å². The monoisotopic (exact) mass is 783 g/mol. The third kappa shape index (κ3) is 16.2. The summed E-state index contributed by atoms with van der Waals surface area (Å²) in [6, 6.07) is 8.92. The van der Waals surface area contributed by atoms with E-state index in [9.17, 15) is 9.90 Å². The molecule has 1 N–H and O–H groups in total. The van der Waals surface area contributed by atoms with Gasteiger partial charge in [0.05, 0.1) is 18.8 Å². The Morgan fingerprint density at radius 1 is 0.545 bits per heavy atom. The number of benzene rings is 1. The van der Waals surface area contributed by atoms with Crippen LogP contribution in [0.25, 0.3) is 0 Å². The molecule has 4 unspecified atom stereocenters. The van der Waals surface area contributed by atoms with Crippen molar-refractivity contribution in [3.63, 3.8) is 0 Å². The zero-order valence-electron chi connectivity index (χ0n) is 34.7. The summed E-state index contributed by atoms with van der Waals surface area (Å²) in [5.74, 6) is -0.487. The number of aliphatic hydroxyl groups is 1. The molecule has 0 aromatic heterocycles. The Kier molecular flexibility index (Phi) is 24.8. The molecule has 2 saturated heterocycles. The van der Waals surface area contributed by atoms with Crippen molar-refractivity contribution in [2.45, 2.75) is 180 Å². The van der Waals surface area contributed by atoms with Crippen molar-refractivity contribution in [3.05, 3.63) is 35.9 Å². The highest BCUT2D eigenvalue weighted by Gasteiger charge is 2.54. The van der Waals surface area contributed by atoms with Gasteiger partial charge in [0.15, 0.2) is 18.7 Å². The van der Waals surface area contributed by atoms with E-state index in [1.807, 2.05) is 6.07 Å². The van der Waals surface area contributed by atoms with Gasteiger partial charge in [-0.2, -0.15) is 0 Å². The van der Waals surface area contributed by atoms with Crippen molar-refractivity contribution in [1.82, 2.24) is 0 Å². The molecule has 3 rings (SSSR count).